The van der Waals surface area contributed by atoms with Crippen molar-refractivity contribution >= 4 is 15.9 Å². The van der Waals surface area contributed by atoms with Gasteiger partial charge in [-0.1, -0.05) is 15.9 Å². The first-order valence-electron chi connectivity index (χ1n) is 6.66. The molecule has 2 heterocycles. The van der Waals surface area contributed by atoms with Crippen LogP contribution in [0, 0.1) is 0 Å². The van der Waals surface area contributed by atoms with Gasteiger partial charge < -0.3 is 5.11 Å². The molecule has 1 unspecified atom stereocenters. The van der Waals surface area contributed by atoms with Crippen molar-refractivity contribution in [1.82, 2.24) is 9.80 Å². The predicted octanol–water partition coefficient (Wildman–Crippen LogP) is 2.43. The number of aromatic hydroxyl groups is 1. The van der Waals surface area contributed by atoms with Crippen LogP contribution in [-0.2, 0) is 6.54 Å². The van der Waals surface area contributed by atoms with Gasteiger partial charge in [0.1, 0.15) is 5.75 Å². The van der Waals surface area contributed by atoms with E-state index >= 15 is 0 Å². The number of nitrogens with zero attached hydrogens (tertiary/aromatic N) is 2. The summed E-state index contributed by atoms with van der Waals surface area (Å²) in [5, 5.41) is 9.90. The van der Waals surface area contributed by atoms with Crippen LogP contribution in [0.25, 0.3) is 0 Å². The van der Waals surface area contributed by atoms with E-state index in [4.69, 9.17) is 0 Å². The molecule has 2 fully saturated rings. The van der Waals surface area contributed by atoms with E-state index in [1.807, 2.05) is 12.1 Å². The highest BCUT2D eigenvalue weighted by atomic mass is 79.9. The second kappa shape index (κ2) is 5.19. The van der Waals surface area contributed by atoms with Crippen molar-refractivity contribution in [2.24, 2.45) is 0 Å². The molecule has 0 spiro atoms. The van der Waals surface area contributed by atoms with Gasteiger partial charge in [0.15, 0.2) is 0 Å². The normalized spacial score (nSPS) is 25.3. The van der Waals surface area contributed by atoms with Crippen molar-refractivity contribution in [2.45, 2.75) is 25.4 Å². The van der Waals surface area contributed by atoms with Crippen LogP contribution >= 0.6 is 15.9 Å². The molecular formula is C14H19BrN2O. The maximum absolute atomic E-state index is 9.90. The van der Waals surface area contributed by atoms with Crippen LogP contribution in [0.5, 0.6) is 5.75 Å². The summed E-state index contributed by atoms with van der Waals surface area (Å²) >= 11 is 3.47. The Morgan fingerprint density at radius 2 is 2.17 bits per heavy atom. The predicted molar refractivity (Wildman–Crippen MR) is 75.7 cm³/mol. The molecule has 0 radical (unpaired) electrons. The Morgan fingerprint density at radius 1 is 1.28 bits per heavy atom. The minimum Gasteiger partial charge on any atom is -0.508 e. The number of piperazine rings is 1. The number of halogens is 1. The molecule has 0 aromatic heterocycles. The molecule has 0 bridgehead atoms. The number of hydrogen-bond acceptors (Lipinski definition) is 3. The molecular weight excluding hydrogens is 292 g/mol. The van der Waals surface area contributed by atoms with E-state index < -0.39 is 0 Å². The highest BCUT2D eigenvalue weighted by molar-refractivity contribution is 9.10. The van der Waals surface area contributed by atoms with E-state index in [9.17, 15) is 5.11 Å². The summed E-state index contributed by atoms with van der Waals surface area (Å²) < 4.78 is 1.04. The standard InChI is InChI=1S/C14H19BrN2O/c15-12-3-4-14(18)11(8-12)9-16-6-7-17-5-1-2-13(17)10-16/h3-4,8,13,18H,1-2,5-7,9-10H2. The second-order valence-electron chi connectivity index (χ2n) is 5.34. The molecule has 2 aliphatic rings. The SMILES string of the molecule is Oc1ccc(Br)cc1CN1CCN2CCCC2C1. The van der Waals surface area contributed by atoms with Gasteiger partial charge in [-0.3, -0.25) is 9.80 Å². The maximum atomic E-state index is 9.90. The second-order valence-corrected chi connectivity index (χ2v) is 6.26. The summed E-state index contributed by atoms with van der Waals surface area (Å²) in [4.78, 5) is 5.07. The molecule has 1 aromatic rings. The molecule has 98 valence electrons. The summed E-state index contributed by atoms with van der Waals surface area (Å²) in [5.74, 6) is 0.409. The highest BCUT2D eigenvalue weighted by Gasteiger charge is 2.30. The lowest BCUT2D eigenvalue weighted by Crippen LogP contribution is -2.49. The van der Waals surface area contributed by atoms with Gasteiger partial charge in [0.25, 0.3) is 0 Å². The minimum atomic E-state index is 0.409. The Bertz CT molecular complexity index is 438. The summed E-state index contributed by atoms with van der Waals surface area (Å²) in [6.07, 6.45) is 2.68. The average Bonchev–Trinajstić information content (AvgIpc) is 2.81. The lowest BCUT2D eigenvalue weighted by Gasteiger charge is -2.37. The molecule has 2 aliphatic heterocycles. The van der Waals surface area contributed by atoms with Gasteiger partial charge in [-0.25, -0.2) is 0 Å². The number of rotatable bonds is 2. The molecule has 3 rings (SSSR count). The molecule has 4 heteroatoms. The Morgan fingerprint density at radius 3 is 3.06 bits per heavy atom. The van der Waals surface area contributed by atoms with Gasteiger partial charge in [0.2, 0.25) is 0 Å². The van der Waals surface area contributed by atoms with Gasteiger partial charge in [0, 0.05) is 42.3 Å². The lowest BCUT2D eigenvalue weighted by molar-refractivity contribution is 0.0987. The zero-order chi connectivity index (χ0) is 12.5. The van der Waals surface area contributed by atoms with Crippen molar-refractivity contribution < 1.29 is 5.11 Å². The number of phenols is 1. The van der Waals surface area contributed by atoms with Crippen molar-refractivity contribution in [3.8, 4) is 5.75 Å². The molecule has 0 aliphatic carbocycles. The number of hydrogen-bond donors (Lipinski definition) is 1. The smallest absolute Gasteiger partial charge is 0.120 e. The van der Waals surface area contributed by atoms with Crippen molar-refractivity contribution in [3.63, 3.8) is 0 Å². The number of phenolic OH excluding ortho intramolecular Hbond substituents is 1. The number of fused-ring (bicyclic) bond motifs is 1. The summed E-state index contributed by atoms with van der Waals surface area (Å²) in [6.45, 7) is 5.57. The molecule has 0 amide bonds. The van der Waals surface area contributed by atoms with E-state index in [1.165, 1.54) is 25.9 Å². The van der Waals surface area contributed by atoms with Gasteiger partial charge >= 0.3 is 0 Å². The van der Waals surface area contributed by atoms with Crippen LogP contribution in [0.2, 0.25) is 0 Å². The lowest BCUT2D eigenvalue weighted by atomic mass is 10.1. The maximum Gasteiger partial charge on any atom is 0.120 e. The summed E-state index contributed by atoms with van der Waals surface area (Å²) in [5.41, 5.74) is 1.02. The van der Waals surface area contributed by atoms with E-state index in [1.54, 1.807) is 6.07 Å². The molecule has 0 saturated carbocycles. The molecule has 1 atom stereocenters. The third-order valence-electron chi connectivity index (χ3n) is 4.11. The molecule has 1 N–H and O–H groups in total. The van der Waals surface area contributed by atoms with Crippen LogP contribution in [-0.4, -0.2) is 47.1 Å². The Kier molecular flexibility index (Phi) is 3.59. The van der Waals surface area contributed by atoms with Gasteiger partial charge in [-0.15, -0.1) is 0 Å². The monoisotopic (exact) mass is 310 g/mol. The van der Waals surface area contributed by atoms with E-state index in [0.29, 0.717) is 5.75 Å². The quantitative estimate of drug-likeness (QED) is 0.909. The van der Waals surface area contributed by atoms with Crippen molar-refractivity contribution in [3.05, 3.63) is 28.2 Å². The third-order valence-corrected chi connectivity index (χ3v) is 4.60. The van der Waals surface area contributed by atoms with Crippen LogP contribution in [0.3, 0.4) is 0 Å². The first kappa shape index (κ1) is 12.5. The van der Waals surface area contributed by atoms with Crippen molar-refractivity contribution in [2.75, 3.05) is 26.2 Å². The fourth-order valence-electron chi connectivity index (χ4n) is 3.12. The fraction of sp³-hybridized carbons (Fsp3) is 0.571. The van der Waals surface area contributed by atoms with Crippen LogP contribution in [0.15, 0.2) is 22.7 Å². The third kappa shape index (κ3) is 2.56. The Balaban J connectivity index is 1.67. The van der Waals surface area contributed by atoms with Crippen LogP contribution in [0.4, 0.5) is 0 Å². The van der Waals surface area contributed by atoms with Gasteiger partial charge in [-0.05, 0) is 37.6 Å². The topological polar surface area (TPSA) is 26.7 Å². The zero-order valence-electron chi connectivity index (χ0n) is 10.5. The van der Waals surface area contributed by atoms with E-state index in [-0.39, 0.29) is 0 Å². The zero-order valence-corrected chi connectivity index (χ0v) is 12.1. The van der Waals surface area contributed by atoms with E-state index in [0.717, 1.165) is 35.7 Å². The van der Waals surface area contributed by atoms with Gasteiger partial charge in [0.05, 0.1) is 0 Å². The number of benzene rings is 1. The molecule has 1 aromatic carbocycles. The Hall–Kier alpha value is -0.580. The molecule has 18 heavy (non-hydrogen) atoms. The average molecular weight is 311 g/mol. The van der Waals surface area contributed by atoms with E-state index in [2.05, 4.69) is 25.7 Å². The largest absolute Gasteiger partial charge is 0.508 e. The highest BCUT2D eigenvalue weighted by Crippen LogP contribution is 2.26. The first-order chi connectivity index (χ1) is 8.72. The van der Waals surface area contributed by atoms with Crippen LogP contribution in [0.1, 0.15) is 18.4 Å². The minimum absolute atomic E-state index is 0.409. The summed E-state index contributed by atoms with van der Waals surface area (Å²) in [7, 11) is 0. The Labute approximate surface area is 117 Å². The van der Waals surface area contributed by atoms with Crippen LogP contribution < -0.4 is 0 Å². The molecule has 3 nitrogen and oxygen atoms in total. The van der Waals surface area contributed by atoms with Gasteiger partial charge in [-0.2, -0.15) is 0 Å². The molecule has 2 saturated heterocycles. The fourth-order valence-corrected chi connectivity index (χ4v) is 3.53. The summed E-state index contributed by atoms with van der Waals surface area (Å²) in [6, 6.07) is 6.42. The van der Waals surface area contributed by atoms with Crippen molar-refractivity contribution in [1.29, 1.82) is 0 Å². The first-order valence-corrected chi connectivity index (χ1v) is 7.45.